The van der Waals surface area contributed by atoms with E-state index >= 15 is 0 Å². The second-order valence-electron chi connectivity index (χ2n) is 7.87. The van der Waals surface area contributed by atoms with Crippen molar-refractivity contribution in [3.8, 4) is 0 Å². The molecule has 130 valence electrons. The Hall–Kier alpha value is -1.78. The molecule has 1 aromatic rings. The third-order valence-corrected chi connectivity index (χ3v) is 6.24. The minimum Gasteiger partial charge on any atom is -0.357 e. The number of aromatic nitrogens is 1. The Morgan fingerprint density at radius 2 is 2.00 bits per heavy atom. The van der Waals surface area contributed by atoms with Crippen LogP contribution in [0.3, 0.4) is 0 Å². The maximum atomic E-state index is 12.7. The maximum absolute atomic E-state index is 12.7. The highest BCUT2D eigenvalue weighted by atomic mass is 16.2. The molecule has 1 atom stereocenters. The number of likely N-dealkylation sites (tertiary alicyclic amines) is 2. The van der Waals surface area contributed by atoms with Gasteiger partial charge in [-0.15, -0.1) is 0 Å². The van der Waals surface area contributed by atoms with Crippen molar-refractivity contribution in [2.45, 2.75) is 57.4 Å². The lowest BCUT2D eigenvalue weighted by molar-refractivity contribution is -0.142. The lowest BCUT2D eigenvalue weighted by atomic mass is 9.73. The first-order valence-corrected chi connectivity index (χ1v) is 9.39. The third kappa shape index (κ3) is 2.85. The van der Waals surface area contributed by atoms with E-state index in [0.717, 1.165) is 51.7 Å². The van der Waals surface area contributed by atoms with Crippen LogP contribution in [0.15, 0.2) is 18.3 Å². The van der Waals surface area contributed by atoms with Crippen LogP contribution >= 0.6 is 0 Å². The zero-order chi connectivity index (χ0) is 16.6. The zero-order valence-corrected chi connectivity index (χ0v) is 14.3. The number of hydrogen-bond donors (Lipinski definition) is 1. The monoisotopic (exact) mass is 329 g/mol. The quantitative estimate of drug-likeness (QED) is 0.907. The molecule has 24 heavy (non-hydrogen) atoms. The number of piperidine rings is 2. The molecule has 4 rings (SSSR count). The smallest absolute Gasteiger partial charge is 0.270 e. The van der Waals surface area contributed by atoms with Crippen molar-refractivity contribution in [2.24, 2.45) is 5.41 Å². The number of hydrogen-bond acceptors (Lipinski definition) is 2. The van der Waals surface area contributed by atoms with Gasteiger partial charge in [0.25, 0.3) is 5.91 Å². The van der Waals surface area contributed by atoms with Gasteiger partial charge >= 0.3 is 0 Å². The Morgan fingerprint density at radius 3 is 2.75 bits per heavy atom. The topological polar surface area (TPSA) is 56.4 Å². The molecule has 1 N–H and O–H groups in total. The molecule has 0 unspecified atom stereocenters. The summed E-state index contributed by atoms with van der Waals surface area (Å²) in [6.45, 7) is 2.48. The fourth-order valence-electron chi connectivity index (χ4n) is 4.94. The second-order valence-corrected chi connectivity index (χ2v) is 7.87. The summed E-state index contributed by atoms with van der Waals surface area (Å²) >= 11 is 0. The van der Waals surface area contributed by atoms with Gasteiger partial charge in [-0.05, 0) is 44.2 Å². The van der Waals surface area contributed by atoms with Crippen molar-refractivity contribution in [1.82, 2.24) is 14.8 Å². The Balaban J connectivity index is 1.49. The van der Waals surface area contributed by atoms with Crippen molar-refractivity contribution < 1.29 is 9.59 Å². The first kappa shape index (κ1) is 15.7. The summed E-state index contributed by atoms with van der Waals surface area (Å²) in [5, 5.41) is 0. The van der Waals surface area contributed by atoms with Gasteiger partial charge in [0.05, 0.1) is 0 Å². The normalized spacial score (nSPS) is 28.8. The molecule has 2 saturated heterocycles. The standard InChI is InChI=1S/C19H27N3O2/c23-17-8-10-19(14-22(17)15-5-1-2-6-15)9-4-12-21(13-19)18(24)16-7-3-11-20-16/h3,7,11,15,20H,1-2,4-6,8-10,12-14H2/t19-/m1/s1. The van der Waals surface area contributed by atoms with Gasteiger partial charge in [0.2, 0.25) is 5.91 Å². The van der Waals surface area contributed by atoms with Crippen LogP contribution in [0, 0.1) is 5.41 Å². The second kappa shape index (κ2) is 6.26. The van der Waals surface area contributed by atoms with E-state index in [1.54, 1.807) is 6.20 Å². The fourth-order valence-corrected chi connectivity index (χ4v) is 4.94. The zero-order valence-electron chi connectivity index (χ0n) is 14.3. The van der Waals surface area contributed by atoms with Crippen LogP contribution < -0.4 is 0 Å². The molecular weight excluding hydrogens is 302 g/mol. The van der Waals surface area contributed by atoms with Crippen LogP contribution in [-0.4, -0.2) is 52.3 Å². The lowest BCUT2D eigenvalue weighted by Gasteiger charge is -2.49. The summed E-state index contributed by atoms with van der Waals surface area (Å²) in [5.74, 6) is 0.434. The van der Waals surface area contributed by atoms with Crippen LogP contribution in [0.5, 0.6) is 0 Å². The summed E-state index contributed by atoms with van der Waals surface area (Å²) in [6.07, 6.45) is 10.4. The van der Waals surface area contributed by atoms with E-state index in [9.17, 15) is 9.59 Å². The average molecular weight is 329 g/mol. The molecule has 1 aliphatic carbocycles. The first-order chi connectivity index (χ1) is 11.7. The number of nitrogens with zero attached hydrogens (tertiary/aromatic N) is 2. The highest BCUT2D eigenvalue weighted by Crippen LogP contribution is 2.41. The van der Waals surface area contributed by atoms with Crippen LogP contribution in [0.1, 0.15) is 61.9 Å². The average Bonchev–Trinajstić information content (AvgIpc) is 3.30. The maximum Gasteiger partial charge on any atom is 0.270 e. The Labute approximate surface area is 143 Å². The molecule has 3 heterocycles. The van der Waals surface area contributed by atoms with Gasteiger partial charge in [0.15, 0.2) is 0 Å². The summed E-state index contributed by atoms with van der Waals surface area (Å²) in [5.41, 5.74) is 0.781. The largest absolute Gasteiger partial charge is 0.357 e. The van der Waals surface area contributed by atoms with Crippen molar-refractivity contribution in [2.75, 3.05) is 19.6 Å². The summed E-state index contributed by atoms with van der Waals surface area (Å²) in [4.78, 5) is 32.3. The van der Waals surface area contributed by atoms with Crippen molar-refractivity contribution in [3.05, 3.63) is 24.0 Å². The van der Waals surface area contributed by atoms with E-state index in [2.05, 4.69) is 9.88 Å². The number of amides is 2. The van der Waals surface area contributed by atoms with Crippen molar-refractivity contribution in [1.29, 1.82) is 0 Å². The van der Waals surface area contributed by atoms with Gasteiger partial charge < -0.3 is 14.8 Å². The van der Waals surface area contributed by atoms with Gasteiger partial charge in [0.1, 0.15) is 5.69 Å². The van der Waals surface area contributed by atoms with E-state index in [1.165, 1.54) is 12.8 Å². The molecule has 0 radical (unpaired) electrons. The molecule has 3 fully saturated rings. The van der Waals surface area contributed by atoms with Crippen LogP contribution in [0.4, 0.5) is 0 Å². The van der Waals surface area contributed by atoms with E-state index in [1.807, 2.05) is 17.0 Å². The molecule has 0 aromatic carbocycles. The molecule has 3 aliphatic rings. The number of carbonyl (C=O) groups excluding carboxylic acids is 2. The third-order valence-electron chi connectivity index (χ3n) is 6.24. The summed E-state index contributed by atoms with van der Waals surface area (Å²) in [6, 6.07) is 4.16. The molecular formula is C19H27N3O2. The van der Waals surface area contributed by atoms with E-state index < -0.39 is 0 Å². The van der Waals surface area contributed by atoms with Gasteiger partial charge in [-0.2, -0.15) is 0 Å². The predicted octanol–water partition coefficient (Wildman–Crippen LogP) is 2.80. The van der Waals surface area contributed by atoms with E-state index in [4.69, 9.17) is 0 Å². The highest BCUT2D eigenvalue weighted by Gasteiger charge is 2.44. The molecule has 1 aromatic heterocycles. The molecule has 5 heteroatoms. The lowest BCUT2D eigenvalue weighted by Crippen LogP contribution is -2.56. The molecule has 0 bridgehead atoms. The Bertz CT molecular complexity index is 606. The number of H-pyrrole nitrogens is 1. The number of nitrogens with one attached hydrogen (secondary N) is 1. The Morgan fingerprint density at radius 1 is 1.17 bits per heavy atom. The molecule has 2 aliphatic heterocycles. The van der Waals surface area contributed by atoms with Crippen molar-refractivity contribution >= 4 is 11.8 Å². The number of aromatic amines is 1. The van der Waals surface area contributed by atoms with Gasteiger partial charge in [-0.3, -0.25) is 9.59 Å². The molecule has 5 nitrogen and oxygen atoms in total. The Kier molecular flexibility index (Phi) is 4.10. The van der Waals surface area contributed by atoms with Crippen molar-refractivity contribution in [3.63, 3.8) is 0 Å². The minimum atomic E-state index is 0.100. The summed E-state index contributed by atoms with van der Waals surface area (Å²) in [7, 11) is 0. The fraction of sp³-hybridized carbons (Fsp3) is 0.684. The molecule has 1 spiro atoms. The van der Waals surface area contributed by atoms with Gasteiger partial charge in [-0.25, -0.2) is 0 Å². The minimum absolute atomic E-state index is 0.100. The predicted molar refractivity (Wildman–Crippen MR) is 91.6 cm³/mol. The number of carbonyl (C=O) groups is 2. The van der Waals surface area contributed by atoms with Gasteiger partial charge in [-0.1, -0.05) is 12.8 Å². The summed E-state index contributed by atoms with van der Waals surface area (Å²) < 4.78 is 0. The van der Waals surface area contributed by atoms with Crippen LogP contribution in [0.25, 0.3) is 0 Å². The van der Waals surface area contributed by atoms with Crippen LogP contribution in [0.2, 0.25) is 0 Å². The number of rotatable bonds is 2. The molecule has 2 amide bonds. The SMILES string of the molecule is O=C(c1ccc[nH]1)N1CCC[C@@]2(CCC(=O)N(C3CCCC3)C2)C1. The first-order valence-electron chi connectivity index (χ1n) is 9.39. The molecule has 1 saturated carbocycles. The van der Waals surface area contributed by atoms with Gasteiger partial charge in [0, 0.05) is 43.7 Å². The highest BCUT2D eigenvalue weighted by molar-refractivity contribution is 5.92. The van der Waals surface area contributed by atoms with E-state index in [-0.39, 0.29) is 11.3 Å². The van der Waals surface area contributed by atoms with Crippen LogP contribution in [-0.2, 0) is 4.79 Å². The van der Waals surface area contributed by atoms with E-state index in [0.29, 0.717) is 24.1 Å².